The van der Waals surface area contributed by atoms with Crippen LogP contribution < -0.4 is 5.32 Å². The molecule has 4 nitrogen and oxygen atoms in total. The Kier molecular flexibility index (Phi) is 6.01. The van der Waals surface area contributed by atoms with Crippen molar-refractivity contribution < 1.29 is 4.74 Å². The maximum absolute atomic E-state index is 6.03. The van der Waals surface area contributed by atoms with Crippen molar-refractivity contribution in [2.75, 3.05) is 13.2 Å². The molecule has 0 aliphatic heterocycles. The number of rotatable bonds is 7. The minimum atomic E-state index is 0.0806. The monoisotopic (exact) mass is 267 g/mol. The van der Waals surface area contributed by atoms with Gasteiger partial charge in [-0.15, -0.1) is 0 Å². The van der Waals surface area contributed by atoms with Crippen LogP contribution in [0.25, 0.3) is 0 Å². The SMILES string of the molecule is CCCNC(c1cnn(C)c1)C(OCC)C(C)(C)C. The Bertz CT molecular complexity index is 368. The molecule has 0 fully saturated rings. The van der Waals surface area contributed by atoms with Crippen LogP contribution in [0.2, 0.25) is 0 Å². The van der Waals surface area contributed by atoms with Crippen molar-refractivity contribution in [1.82, 2.24) is 15.1 Å². The van der Waals surface area contributed by atoms with Crippen molar-refractivity contribution in [2.45, 2.75) is 53.2 Å². The summed E-state index contributed by atoms with van der Waals surface area (Å²) < 4.78 is 7.88. The molecule has 0 bridgehead atoms. The molecule has 0 aromatic carbocycles. The predicted molar refractivity (Wildman–Crippen MR) is 79.1 cm³/mol. The Morgan fingerprint density at radius 3 is 2.47 bits per heavy atom. The van der Waals surface area contributed by atoms with E-state index in [0.717, 1.165) is 19.6 Å². The quantitative estimate of drug-likeness (QED) is 0.825. The summed E-state index contributed by atoms with van der Waals surface area (Å²) in [6, 6.07) is 0.189. The summed E-state index contributed by atoms with van der Waals surface area (Å²) >= 11 is 0. The van der Waals surface area contributed by atoms with Crippen LogP contribution in [-0.4, -0.2) is 29.0 Å². The second-order valence-electron chi connectivity index (χ2n) is 6.12. The molecule has 19 heavy (non-hydrogen) atoms. The van der Waals surface area contributed by atoms with Crippen molar-refractivity contribution in [3.05, 3.63) is 18.0 Å². The maximum Gasteiger partial charge on any atom is 0.0818 e. The van der Waals surface area contributed by atoms with E-state index in [9.17, 15) is 0 Å². The predicted octanol–water partition coefficient (Wildman–Crippen LogP) is 2.91. The summed E-state index contributed by atoms with van der Waals surface area (Å²) in [6.07, 6.45) is 5.25. The second kappa shape index (κ2) is 7.06. The largest absolute Gasteiger partial charge is 0.376 e. The van der Waals surface area contributed by atoms with E-state index in [1.807, 2.05) is 17.9 Å². The third kappa shape index (κ3) is 4.62. The molecule has 0 saturated heterocycles. The number of hydrogen-bond donors (Lipinski definition) is 1. The van der Waals surface area contributed by atoms with Gasteiger partial charge in [0.2, 0.25) is 0 Å². The zero-order valence-corrected chi connectivity index (χ0v) is 13.2. The standard InChI is InChI=1S/C15H29N3O/c1-7-9-16-13(12-10-17-18(6)11-12)14(19-8-2)15(3,4)5/h10-11,13-14,16H,7-9H2,1-6H3. The summed E-state index contributed by atoms with van der Waals surface area (Å²) in [5.41, 5.74) is 1.28. The summed E-state index contributed by atoms with van der Waals surface area (Å²) in [5, 5.41) is 7.90. The highest BCUT2D eigenvalue weighted by Crippen LogP contribution is 2.32. The molecule has 110 valence electrons. The van der Waals surface area contributed by atoms with Gasteiger partial charge in [0.25, 0.3) is 0 Å². The van der Waals surface area contributed by atoms with Gasteiger partial charge in [0.1, 0.15) is 0 Å². The molecule has 0 aliphatic rings. The van der Waals surface area contributed by atoms with Crippen LogP contribution in [0, 0.1) is 5.41 Å². The summed E-state index contributed by atoms with van der Waals surface area (Å²) in [7, 11) is 1.95. The zero-order chi connectivity index (χ0) is 14.5. The van der Waals surface area contributed by atoms with E-state index in [2.05, 4.69) is 51.2 Å². The van der Waals surface area contributed by atoms with Crippen LogP contribution in [0.3, 0.4) is 0 Å². The summed E-state index contributed by atoms with van der Waals surface area (Å²) in [6.45, 7) is 12.6. The van der Waals surface area contributed by atoms with Crippen LogP contribution in [-0.2, 0) is 11.8 Å². The zero-order valence-electron chi connectivity index (χ0n) is 13.2. The summed E-state index contributed by atoms with van der Waals surface area (Å²) in [5.74, 6) is 0. The fourth-order valence-electron chi connectivity index (χ4n) is 2.33. The van der Waals surface area contributed by atoms with Crippen molar-refractivity contribution in [2.24, 2.45) is 12.5 Å². The molecule has 0 amide bonds. The fraction of sp³-hybridized carbons (Fsp3) is 0.800. The average Bonchev–Trinajstić information content (AvgIpc) is 2.73. The van der Waals surface area contributed by atoms with Gasteiger partial charge in [0.05, 0.1) is 18.3 Å². The molecule has 2 atom stereocenters. The molecule has 4 heteroatoms. The molecular formula is C15H29N3O. The maximum atomic E-state index is 6.03. The van der Waals surface area contributed by atoms with Crippen LogP contribution in [0.15, 0.2) is 12.4 Å². The van der Waals surface area contributed by atoms with Gasteiger partial charge in [-0.05, 0) is 25.3 Å². The Morgan fingerprint density at radius 2 is 2.05 bits per heavy atom. The summed E-state index contributed by atoms with van der Waals surface area (Å²) in [4.78, 5) is 0. The highest BCUT2D eigenvalue weighted by Gasteiger charge is 2.34. The molecule has 0 spiro atoms. The second-order valence-corrected chi connectivity index (χ2v) is 6.12. The Morgan fingerprint density at radius 1 is 1.37 bits per heavy atom. The molecule has 2 unspecified atom stereocenters. The van der Waals surface area contributed by atoms with Gasteiger partial charge in [-0.25, -0.2) is 0 Å². The van der Waals surface area contributed by atoms with Crippen LogP contribution in [0.1, 0.15) is 52.6 Å². The van der Waals surface area contributed by atoms with Gasteiger partial charge < -0.3 is 10.1 Å². The molecule has 1 aromatic heterocycles. The third-order valence-electron chi connectivity index (χ3n) is 3.20. The highest BCUT2D eigenvalue weighted by atomic mass is 16.5. The Hall–Kier alpha value is -0.870. The molecule has 0 saturated carbocycles. The lowest BCUT2D eigenvalue weighted by molar-refractivity contribution is -0.0365. The van der Waals surface area contributed by atoms with E-state index in [-0.39, 0.29) is 17.6 Å². The molecule has 0 aliphatic carbocycles. The molecular weight excluding hydrogens is 238 g/mol. The van der Waals surface area contributed by atoms with Crippen molar-refractivity contribution >= 4 is 0 Å². The van der Waals surface area contributed by atoms with E-state index < -0.39 is 0 Å². The number of hydrogen-bond acceptors (Lipinski definition) is 3. The lowest BCUT2D eigenvalue weighted by Crippen LogP contribution is -2.42. The first-order chi connectivity index (χ1) is 8.90. The Balaban J connectivity index is 2.99. The number of aromatic nitrogens is 2. The van der Waals surface area contributed by atoms with Gasteiger partial charge in [-0.3, -0.25) is 4.68 Å². The van der Waals surface area contributed by atoms with Crippen LogP contribution in [0.4, 0.5) is 0 Å². The number of nitrogens with one attached hydrogen (secondary N) is 1. The van der Waals surface area contributed by atoms with E-state index in [0.29, 0.717) is 0 Å². The Labute approximate surface area is 117 Å². The van der Waals surface area contributed by atoms with Crippen molar-refractivity contribution in [3.63, 3.8) is 0 Å². The first-order valence-electron chi connectivity index (χ1n) is 7.23. The van der Waals surface area contributed by atoms with Gasteiger partial charge in [-0.1, -0.05) is 27.7 Å². The lowest BCUT2D eigenvalue weighted by atomic mass is 9.82. The third-order valence-corrected chi connectivity index (χ3v) is 3.20. The van der Waals surface area contributed by atoms with E-state index in [4.69, 9.17) is 4.74 Å². The fourth-order valence-corrected chi connectivity index (χ4v) is 2.33. The lowest BCUT2D eigenvalue weighted by Gasteiger charge is -2.37. The molecule has 1 N–H and O–H groups in total. The van der Waals surface area contributed by atoms with Gasteiger partial charge >= 0.3 is 0 Å². The normalized spacial score (nSPS) is 15.5. The number of aryl methyl sites for hydroxylation is 1. The van der Waals surface area contributed by atoms with Crippen LogP contribution >= 0.6 is 0 Å². The first-order valence-corrected chi connectivity index (χ1v) is 7.23. The highest BCUT2D eigenvalue weighted by molar-refractivity contribution is 5.14. The van der Waals surface area contributed by atoms with Gasteiger partial charge in [-0.2, -0.15) is 5.10 Å². The van der Waals surface area contributed by atoms with E-state index in [1.54, 1.807) is 0 Å². The smallest absolute Gasteiger partial charge is 0.0818 e. The minimum Gasteiger partial charge on any atom is -0.376 e. The average molecular weight is 267 g/mol. The number of ether oxygens (including phenoxy) is 1. The van der Waals surface area contributed by atoms with Crippen molar-refractivity contribution in [1.29, 1.82) is 0 Å². The molecule has 1 aromatic rings. The molecule has 1 rings (SSSR count). The van der Waals surface area contributed by atoms with Crippen molar-refractivity contribution in [3.8, 4) is 0 Å². The van der Waals surface area contributed by atoms with E-state index >= 15 is 0 Å². The van der Waals surface area contributed by atoms with Gasteiger partial charge in [0.15, 0.2) is 0 Å². The first kappa shape index (κ1) is 16.2. The van der Waals surface area contributed by atoms with E-state index in [1.165, 1.54) is 5.56 Å². The molecule has 1 heterocycles. The minimum absolute atomic E-state index is 0.0806. The number of nitrogens with zero attached hydrogens (tertiary/aromatic N) is 2. The molecule has 0 radical (unpaired) electrons. The topological polar surface area (TPSA) is 39.1 Å². The van der Waals surface area contributed by atoms with Crippen LogP contribution in [0.5, 0.6) is 0 Å². The van der Waals surface area contributed by atoms with Gasteiger partial charge in [0, 0.05) is 25.4 Å².